The van der Waals surface area contributed by atoms with Crippen LogP contribution in [0.2, 0.25) is 0 Å². The Labute approximate surface area is 150 Å². The summed E-state index contributed by atoms with van der Waals surface area (Å²) < 4.78 is 12.3. The number of nitrogens with one attached hydrogen (secondary N) is 1. The first-order chi connectivity index (χ1) is 12.1. The molecule has 3 atom stereocenters. The van der Waals surface area contributed by atoms with Gasteiger partial charge in [-0.25, -0.2) is 0 Å². The van der Waals surface area contributed by atoms with Crippen LogP contribution >= 0.6 is 0 Å². The first kappa shape index (κ1) is 17.0. The van der Waals surface area contributed by atoms with Gasteiger partial charge in [0.05, 0.1) is 24.8 Å². The van der Waals surface area contributed by atoms with Gasteiger partial charge in [0.25, 0.3) is 0 Å². The number of nitrogens with zero attached hydrogens (tertiary/aromatic N) is 1. The zero-order valence-electron chi connectivity index (χ0n) is 15.3. The van der Waals surface area contributed by atoms with Crippen LogP contribution < -0.4 is 5.32 Å². The van der Waals surface area contributed by atoms with Crippen molar-refractivity contribution in [3.05, 3.63) is 34.9 Å². The van der Waals surface area contributed by atoms with Crippen LogP contribution in [0.3, 0.4) is 0 Å². The van der Waals surface area contributed by atoms with Crippen LogP contribution in [0.1, 0.15) is 56.2 Å². The van der Waals surface area contributed by atoms with Crippen LogP contribution in [0.4, 0.5) is 0 Å². The molecule has 2 aliphatic heterocycles. The van der Waals surface area contributed by atoms with Crippen molar-refractivity contribution < 1.29 is 9.47 Å². The molecule has 3 unspecified atom stereocenters. The Bertz CT molecular complexity index is 690. The molecule has 4 nitrogen and oxygen atoms in total. The fraction of sp³-hybridized carbons (Fsp3) is 0.667. The zero-order valence-corrected chi connectivity index (χ0v) is 15.3. The number of aryl methyl sites for hydroxylation is 1. The Hall–Kier alpha value is -1.41. The normalized spacial score (nSPS) is 33.8. The summed E-state index contributed by atoms with van der Waals surface area (Å²) in [5.41, 5.74) is 3.53. The van der Waals surface area contributed by atoms with E-state index in [1.54, 1.807) is 0 Å². The third kappa shape index (κ3) is 2.70. The van der Waals surface area contributed by atoms with E-state index in [9.17, 15) is 5.26 Å². The predicted octanol–water partition coefficient (Wildman–Crippen LogP) is 3.28. The van der Waals surface area contributed by atoms with Gasteiger partial charge in [0.2, 0.25) is 0 Å². The van der Waals surface area contributed by atoms with Gasteiger partial charge >= 0.3 is 0 Å². The van der Waals surface area contributed by atoms with Crippen molar-refractivity contribution in [1.29, 1.82) is 5.26 Å². The largest absolute Gasteiger partial charge is 0.348 e. The van der Waals surface area contributed by atoms with Gasteiger partial charge in [0, 0.05) is 24.3 Å². The molecule has 3 fully saturated rings. The van der Waals surface area contributed by atoms with E-state index < -0.39 is 5.79 Å². The summed E-state index contributed by atoms with van der Waals surface area (Å²) in [4.78, 5) is 0. The van der Waals surface area contributed by atoms with Gasteiger partial charge in [0.1, 0.15) is 0 Å². The Morgan fingerprint density at radius 3 is 2.80 bits per heavy atom. The number of hydrogen-bond acceptors (Lipinski definition) is 4. The lowest BCUT2D eigenvalue weighted by molar-refractivity contribution is -0.205. The standard InChI is InChI=1S/C21H28N2O2/c1-3-17-5-4-16(13-22)12-19(17)20-8-9-23-15(2)18(20)6-7-21(14-20)24-10-11-25-21/h4-5,12,15,18,23H,3,6-11,14H2,1-2H3. The molecule has 1 saturated carbocycles. The maximum atomic E-state index is 9.46. The molecule has 1 spiro atoms. The van der Waals surface area contributed by atoms with Crippen LogP contribution in [-0.2, 0) is 21.3 Å². The molecule has 1 aromatic rings. The quantitative estimate of drug-likeness (QED) is 0.898. The third-order valence-electron chi connectivity index (χ3n) is 6.74. The zero-order chi connectivity index (χ0) is 17.5. The number of fused-ring (bicyclic) bond motifs is 1. The highest BCUT2D eigenvalue weighted by molar-refractivity contribution is 5.44. The summed E-state index contributed by atoms with van der Waals surface area (Å²) in [5.74, 6) is 0.139. The summed E-state index contributed by atoms with van der Waals surface area (Å²) in [6.45, 7) is 6.93. The number of rotatable bonds is 2. The van der Waals surface area contributed by atoms with Gasteiger partial charge < -0.3 is 14.8 Å². The summed E-state index contributed by atoms with van der Waals surface area (Å²) >= 11 is 0. The van der Waals surface area contributed by atoms with Crippen molar-refractivity contribution in [3.63, 3.8) is 0 Å². The Balaban J connectivity index is 1.85. The molecule has 2 heterocycles. The average molecular weight is 340 g/mol. The minimum absolute atomic E-state index is 0.0332. The fourth-order valence-corrected chi connectivity index (χ4v) is 5.61. The molecule has 3 aliphatic rings. The van der Waals surface area contributed by atoms with E-state index in [1.807, 2.05) is 6.07 Å². The second-order valence-electron chi connectivity index (χ2n) is 7.92. The van der Waals surface area contributed by atoms with Crippen molar-refractivity contribution in [2.75, 3.05) is 19.8 Å². The third-order valence-corrected chi connectivity index (χ3v) is 6.74. The lowest BCUT2D eigenvalue weighted by atomic mass is 9.55. The highest BCUT2D eigenvalue weighted by Crippen LogP contribution is 2.55. The Morgan fingerprint density at radius 1 is 1.28 bits per heavy atom. The Morgan fingerprint density at radius 2 is 2.08 bits per heavy atom. The second kappa shape index (κ2) is 6.39. The monoisotopic (exact) mass is 340 g/mol. The maximum absolute atomic E-state index is 9.46. The lowest BCUT2D eigenvalue weighted by Crippen LogP contribution is -2.59. The highest BCUT2D eigenvalue weighted by atomic mass is 16.7. The smallest absolute Gasteiger partial charge is 0.169 e. The van der Waals surface area contributed by atoms with Gasteiger partial charge in [-0.2, -0.15) is 5.26 Å². The molecule has 0 radical (unpaired) electrons. The topological polar surface area (TPSA) is 54.3 Å². The SMILES string of the molecule is CCc1ccc(C#N)cc1C12CCNC(C)C1CCC1(C2)OCCO1. The molecular weight excluding hydrogens is 312 g/mol. The molecule has 1 aliphatic carbocycles. The van der Waals surface area contributed by atoms with Crippen molar-refractivity contribution in [2.45, 2.75) is 63.2 Å². The Kier molecular flexibility index (Phi) is 4.35. The maximum Gasteiger partial charge on any atom is 0.169 e. The van der Waals surface area contributed by atoms with Crippen molar-refractivity contribution in [1.82, 2.24) is 5.32 Å². The molecule has 4 heteroatoms. The second-order valence-corrected chi connectivity index (χ2v) is 7.92. The van der Waals surface area contributed by atoms with Gasteiger partial charge in [-0.3, -0.25) is 0 Å². The molecule has 0 amide bonds. The summed E-state index contributed by atoms with van der Waals surface area (Å²) in [6.07, 6.45) is 5.07. The van der Waals surface area contributed by atoms with Crippen LogP contribution in [0, 0.1) is 17.2 Å². The molecule has 4 rings (SSSR count). The number of benzene rings is 1. The van der Waals surface area contributed by atoms with Crippen LogP contribution in [0.5, 0.6) is 0 Å². The van der Waals surface area contributed by atoms with Gasteiger partial charge in [0.15, 0.2) is 5.79 Å². The summed E-state index contributed by atoms with van der Waals surface area (Å²) in [7, 11) is 0. The summed E-state index contributed by atoms with van der Waals surface area (Å²) in [5, 5.41) is 13.1. The van der Waals surface area contributed by atoms with Crippen molar-refractivity contribution >= 4 is 0 Å². The first-order valence-electron chi connectivity index (χ1n) is 9.67. The van der Waals surface area contributed by atoms with Gasteiger partial charge in [-0.15, -0.1) is 0 Å². The van der Waals surface area contributed by atoms with E-state index in [2.05, 4.69) is 37.4 Å². The van der Waals surface area contributed by atoms with Crippen LogP contribution in [0.15, 0.2) is 18.2 Å². The number of ether oxygens (including phenoxy) is 2. The summed E-state index contributed by atoms with van der Waals surface area (Å²) in [6, 6.07) is 9.08. The molecule has 25 heavy (non-hydrogen) atoms. The minimum atomic E-state index is -0.415. The lowest BCUT2D eigenvalue weighted by Gasteiger charge is -2.55. The van der Waals surface area contributed by atoms with E-state index in [0.717, 1.165) is 44.2 Å². The van der Waals surface area contributed by atoms with E-state index in [0.29, 0.717) is 25.2 Å². The molecule has 1 aromatic carbocycles. The van der Waals surface area contributed by atoms with Crippen LogP contribution in [0.25, 0.3) is 0 Å². The minimum Gasteiger partial charge on any atom is -0.348 e. The number of piperidine rings is 1. The molecule has 0 aromatic heterocycles. The van der Waals surface area contributed by atoms with Gasteiger partial charge in [-0.1, -0.05) is 13.0 Å². The van der Waals surface area contributed by atoms with E-state index >= 15 is 0 Å². The predicted molar refractivity (Wildman–Crippen MR) is 96.3 cm³/mol. The molecule has 2 saturated heterocycles. The van der Waals surface area contributed by atoms with Crippen LogP contribution in [-0.4, -0.2) is 31.6 Å². The molecular formula is C21H28N2O2. The van der Waals surface area contributed by atoms with Gasteiger partial charge in [-0.05, 0) is 61.9 Å². The fourth-order valence-electron chi connectivity index (χ4n) is 5.61. The van der Waals surface area contributed by atoms with E-state index in [-0.39, 0.29) is 5.41 Å². The van der Waals surface area contributed by atoms with Crippen molar-refractivity contribution in [2.24, 2.45) is 5.92 Å². The average Bonchev–Trinajstić information content (AvgIpc) is 3.08. The first-order valence-corrected chi connectivity index (χ1v) is 9.67. The molecule has 0 bridgehead atoms. The number of hydrogen-bond donors (Lipinski definition) is 1. The molecule has 134 valence electrons. The van der Waals surface area contributed by atoms with E-state index in [1.165, 1.54) is 11.1 Å². The van der Waals surface area contributed by atoms with E-state index in [4.69, 9.17) is 9.47 Å². The highest BCUT2D eigenvalue weighted by Gasteiger charge is 2.56. The number of nitriles is 1. The van der Waals surface area contributed by atoms with Crippen molar-refractivity contribution in [3.8, 4) is 6.07 Å². The molecule has 1 N–H and O–H groups in total.